The van der Waals surface area contributed by atoms with Gasteiger partial charge in [0.1, 0.15) is 6.04 Å². The van der Waals surface area contributed by atoms with Gasteiger partial charge in [0.25, 0.3) is 0 Å². The summed E-state index contributed by atoms with van der Waals surface area (Å²) in [5, 5.41) is 11.1. The van der Waals surface area contributed by atoms with E-state index in [2.05, 4.69) is 5.32 Å². The van der Waals surface area contributed by atoms with Crippen LogP contribution in [0.3, 0.4) is 0 Å². The van der Waals surface area contributed by atoms with Crippen LogP contribution in [-0.2, 0) is 19.1 Å². The first-order chi connectivity index (χ1) is 9.90. The molecule has 118 valence electrons. The number of aliphatic carboxylic acids is 1. The van der Waals surface area contributed by atoms with Gasteiger partial charge in [0.2, 0.25) is 11.8 Å². The van der Waals surface area contributed by atoms with Crippen molar-refractivity contribution in [3.05, 3.63) is 0 Å². The highest BCUT2D eigenvalue weighted by Crippen LogP contribution is 2.21. The maximum absolute atomic E-state index is 12.0. The smallest absolute Gasteiger partial charge is 0.341 e. The van der Waals surface area contributed by atoms with Crippen molar-refractivity contribution in [1.29, 1.82) is 0 Å². The third-order valence-corrected chi connectivity index (χ3v) is 3.85. The summed E-state index contributed by atoms with van der Waals surface area (Å²) < 4.78 is 4.81. The summed E-state index contributed by atoms with van der Waals surface area (Å²) in [5.74, 6) is -1.30. The van der Waals surface area contributed by atoms with Gasteiger partial charge in [-0.15, -0.1) is 11.6 Å². The third kappa shape index (κ3) is 5.01. The summed E-state index contributed by atoms with van der Waals surface area (Å²) >= 11 is 12.0. The Bertz CT molecular complexity index is 448. The molecular weight excluding hydrogens is 340 g/mol. The number of thiocarbonyl (C=S) groups is 1. The lowest BCUT2D eigenvalue weighted by molar-refractivity contribution is -0.150. The molecule has 10 heteroatoms. The second-order valence-electron chi connectivity index (χ2n) is 4.22. The van der Waals surface area contributed by atoms with Crippen molar-refractivity contribution in [3.8, 4) is 0 Å². The number of β-lactam (4-membered cyclic amide) rings is 1. The van der Waals surface area contributed by atoms with Gasteiger partial charge in [-0.3, -0.25) is 9.59 Å². The molecule has 0 aromatic rings. The second kappa shape index (κ2) is 8.40. The lowest BCUT2D eigenvalue weighted by Crippen LogP contribution is -2.72. The number of halogens is 1. The van der Waals surface area contributed by atoms with Gasteiger partial charge in [-0.2, -0.15) is 11.8 Å². The van der Waals surface area contributed by atoms with Crippen LogP contribution in [0, 0.1) is 0 Å². The quantitative estimate of drug-likeness (QED) is 0.351. The molecule has 1 fully saturated rings. The lowest BCUT2D eigenvalue weighted by Gasteiger charge is -2.46. The number of alkyl halides is 1. The van der Waals surface area contributed by atoms with E-state index in [1.165, 1.54) is 16.7 Å². The summed E-state index contributed by atoms with van der Waals surface area (Å²) in [4.78, 5) is 35.2. The Balaban J connectivity index is 2.50. The van der Waals surface area contributed by atoms with E-state index in [4.69, 9.17) is 33.7 Å². The highest BCUT2D eigenvalue weighted by molar-refractivity contribution is 7.99. The molecule has 2 amide bonds. The number of thioether (sulfide) groups is 1. The molecule has 0 saturated carbocycles. The summed E-state index contributed by atoms with van der Waals surface area (Å²) in [6.45, 7) is -0.575. The molecule has 2 atom stereocenters. The predicted molar refractivity (Wildman–Crippen MR) is 82.7 cm³/mol. The third-order valence-electron chi connectivity index (χ3n) is 2.74. The number of likely N-dealkylation sites (tertiary alicyclic amines) is 1. The number of nitrogens with zero attached hydrogens (tertiary/aromatic N) is 1. The number of hydrogen-bond acceptors (Lipinski definition) is 6. The lowest BCUT2D eigenvalue weighted by atomic mass is 9.96. The van der Waals surface area contributed by atoms with Gasteiger partial charge in [0.05, 0.1) is 18.3 Å². The van der Waals surface area contributed by atoms with Crippen molar-refractivity contribution in [3.63, 3.8) is 0 Å². The minimum atomic E-state index is -1.15. The SMILES string of the molecule is CSCC(=O)N[C@H]1C(=O)N(CC(=S)OCC(=O)O)[C@H]1CCl. The van der Waals surface area contributed by atoms with Gasteiger partial charge >= 0.3 is 5.97 Å². The Morgan fingerprint density at radius 2 is 2.24 bits per heavy atom. The average molecular weight is 355 g/mol. The number of nitrogens with one attached hydrogen (secondary N) is 1. The molecule has 2 N–H and O–H groups in total. The highest BCUT2D eigenvalue weighted by Gasteiger charge is 2.47. The summed E-state index contributed by atoms with van der Waals surface area (Å²) in [7, 11) is 0. The van der Waals surface area contributed by atoms with Crippen LogP contribution in [0.1, 0.15) is 0 Å². The molecule has 1 heterocycles. The van der Waals surface area contributed by atoms with Crippen LogP contribution in [0.5, 0.6) is 0 Å². The van der Waals surface area contributed by atoms with Gasteiger partial charge in [-0.05, 0) is 18.5 Å². The number of carbonyl (C=O) groups is 3. The van der Waals surface area contributed by atoms with E-state index in [1.54, 1.807) is 6.26 Å². The minimum Gasteiger partial charge on any atom is -0.479 e. The minimum absolute atomic E-state index is 0.00485. The monoisotopic (exact) mass is 354 g/mol. The molecule has 0 radical (unpaired) electrons. The van der Waals surface area contributed by atoms with Crippen molar-refractivity contribution < 1.29 is 24.2 Å². The number of ether oxygens (including phenoxy) is 1. The van der Waals surface area contributed by atoms with Crippen LogP contribution >= 0.6 is 35.6 Å². The van der Waals surface area contributed by atoms with Gasteiger partial charge in [0.15, 0.2) is 11.7 Å². The maximum atomic E-state index is 12.0. The van der Waals surface area contributed by atoms with Gasteiger partial charge in [0, 0.05) is 5.88 Å². The van der Waals surface area contributed by atoms with Crippen molar-refractivity contribution in [2.24, 2.45) is 0 Å². The van der Waals surface area contributed by atoms with Crippen LogP contribution in [-0.4, -0.2) is 76.0 Å². The van der Waals surface area contributed by atoms with E-state index >= 15 is 0 Å². The Morgan fingerprint density at radius 3 is 2.76 bits per heavy atom. The maximum Gasteiger partial charge on any atom is 0.341 e. The molecule has 1 saturated heterocycles. The van der Waals surface area contributed by atoms with Crippen LogP contribution in [0.2, 0.25) is 0 Å². The number of hydrogen-bond donors (Lipinski definition) is 2. The first-order valence-corrected chi connectivity index (χ1v) is 8.26. The topological polar surface area (TPSA) is 95.9 Å². The number of carboxylic acid groups (broad SMARTS) is 1. The van der Waals surface area contributed by atoms with E-state index in [0.717, 1.165) is 0 Å². The van der Waals surface area contributed by atoms with Crippen LogP contribution in [0.25, 0.3) is 0 Å². The molecule has 0 aromatic carbocycles. The standard InChI is InChI=1S/C11H15ClN2O5S2/c1-21-5-7(15)13-10-6(2-12)14(11(10)18)3-9(20)19-4-8(16)17/h6,10H,2-5H2,1H3,(H,13,15)(H,16,17)/t6-,10+/m0/s1. The Hall–Kier alpha value is -1.06. The Kier molecular flexibility index (Phi) is 7.20. The number of carboxylic acids is 1. The predicted octanol–water partition coefficient (Wildman–Crippen LogP) is -0.288. The first kappa shape index (κ1) is 18.0. The molecule has 0 unspecified atom stereocenters. The number of amides is 2. The number of carbonyl (C=O) groups excluding carboxylic acids is 2. The summed E-state index contributed by atoms with van der Waals surface area (Å²) in [6, 6.07) is -1.04. The molecule has 1 rings (SSSR count). The van der Waals surface area contributed by atoms with Crippen molar-refractivity contribution in [1.82, 2.24) is 10.2 Å². The van der Waals surface area contributed by atoms with E-state index in [1.807, 2.05) is 0 Å². The zero-order valence-electron chi connectivity index (χ0n) is 11.2. The zero-order chi connectivity index (χ0) is 16.0. The fourth-order valence-corrected chi connectivity index (χ4v) is 2.69. The Labute approximate surface area is 136 Å². The van der Waals surface area contributed by atoms with Crippen LogP contribution < -0.4 is 5.32 Å². The molecule has 1 aliphatic rings. The second-order valence-corrected chi connectivity index (χ2v) is 5.85. The normalized spacial score (nSPS) is 20.7. The average Bonchev–Trinajstić information content (AvgIpc) is 2.43. The van der Waals surface area contributed by atoms with E-state index in [0.29, 0.717) is 0 Å². The highest BCUT2D eigenvalue weighted by atomic mass is 35.5. The molecule has 1 aliphatic heterocycles. The largest absolute Gasteiger partial charge is 0.479 e. The van der Waals surface area contributed by atoms with Crippen molar-refractivity contribution >= 4 is 58.4 Å². The zero-order valence-corrected chi connectivity index (χ0v) is 13.6. The van der Waals surface area contributed by atoms with E-state index < -0.39 is 18.6 Å². The molecule has 0 bridgehead atoms. The Morgan fingerprint density at radius 1 is 1.57 bits per heavy atom. The van der Waals surface area contributed by atoms with E-state index in [-0.39, 0.29) is 41.1 Å². The molecular formula is C11H15ClN2O5S2. The molecule has 0 aromatic heterocycles. The fraction of sp³-hybridized carbons (Fsp3) is 0.636. The summed E-state index contributed by atoms with van der Waals surface area (Å²) in [6.07, 6.45) is 1.78. The van der Waals surface area contributed by atoms with E-state index in [9.17, 15) is 14.4 Å². The van der Waals surface area contributed by atoms with Crippen LogP contribution in [0.4, 0.5) is 0 Å². The van der Waals surface area contributed by atoms with Crippen LogP contribution in [0.15, 0.2) is 0 Å². The first-order valence-electron chi connectivity index (χ1n) is 5.92. The van der Waals surface area contributed by atoms with Gasteiger partial charge in [-0.25, -0.2) is 4.79 Å². The molecule has 7 nitrogen and oxygen atoms in total. The number of rotatable bonds is 8. The fourth-order valence-electron chi connectivity index (χ4n) is 1.80. The molecule has 0 spiro atoms. The molecule has 0 aliphatic carbocycles. The summed E-state index contributed by atoms with van der Waals surface area (Å²) in [5.41, 5.74) is 0. The van der Waals surface area contributed by atoms with Gasteiger partial charge < -0.3 is 20.1 Å². The van der Waals surface area contributed by atoms with Crippen molar-refractivity contribution in [2.75, 3.05) is 31.0 Å². The van der Waals surface area contributed by atoms with Gasteiger partial charge in [-0.1, -0.05) is 0 Å². The van der Waals surface area contributed by atoms with Crippen molar-refractivity contribution in [2.45, 2.75) is 12.1 Å². The molecule has 21 heavy (non-hydrogen) atoms.